The summed E-state index contributed by atoms with van der Waals surface area (Å²) >= 11 is 0. The zero-order valence-corrected chi connectivity index (χ0v) is 25.5. The number of hydrogen-bond donors (Lipinski definition) is 4. The molecule has 2 heterocycles. The monoisotopic (exact) mass is 603 g/mol. The summed E-state index contributed by atoms with van der Waals surface area (Å²) in [6, 6.07) is 18.2. The van der Waals surface area contributed by atoms with Crippen molar-refractivity contribution in [1.29, 1.82) is 0 Å². The lowest BCUT2D eigenvalue weighted by atomic mass is 9.93. The molecule has 1 aliphatic heterocycles. The van der Waals surface area contributed by atoms with Crippen molar-refractivity contribution >= 4 is 34.7 Å². The third-order valence-electron chi connectivity index (χ3n) is 7.63. The lowest BCUT2D eigenvalue weighted by molar-refractivity contribution is -0.127. The summed E-state index contributed by atoms with van der Waals surface area (Å²) in [6.07, 6.45) is -1.10. The second-order valence-corrected chi connectivity index (χ2v) is 11.8. The van der Waals surface area contributed by atoms with E-state index in [4.69, 9.17) is 15.2 Å². The number of ether oxygens (including phenoxy) is 2. The molecule has 0 radical (unpaired) electrons. The first kappa shape index (κ1) is 32.4. The maximum Gasteiger partial charge on any atom is 0.407 e. The first-order valence-electron chi connectivity index (χ1n) is 14.9. The number of para-hydroxylation sites is 1. The van der Waals surface area contributed by atoms with Crippen LogP contribution in [0.1, 0.15) is 62.6 Å². The summed E-state index contributed by atoms with van der Waals surface area (Å²) in [4.78, 5) is 55.2. The molecule has 0 bridgehead atoms. The Kier molecular flexibility index (Phi) is 10.9. The van der Waals surface area contributed by atoms with Gasteiger partial charge in [0.15, 0.2) is 0 Å². The Morgan fingerprint density at radius 1 is 0.864 bits per heavy atom. The number of nitrogens with zero attached hydrogens (tertiary/aromatic N) is 1. The van der Waals surface area contributed by atoms with E-state index < -0.39 is 42.3 Å². The molecule has 5 N–H and O–H groups in total. The number of fused-ring (bicyclic) bond motifs is 1. The molecule has 234 valence electrons. The molecule has 4 atom stereocenters. The highest BCUT2D eigenvalue weighted by Gasteiger charge is 2.42. The Morgan fingerprint density at radius 2 is 1.55 bits per heavy atom. The minimum Gasteiger partial charge on any atom is -0.447 e. The second-order valence-electron chi connectivity index (χ2n) is 11.8. The normalized spacial score (nSPS) is 17.2. The predicted octanol–water partition coefficient (Wildman–Crippen LogP) is 3.63. The Hall–Kier alpha value is -4.51. The van der Waals surface area contributed by atoms with Gasteiger partial charge in [-0.25, -0.2) is 9.78 Å². The van der Waals surface area contributed by atoms with Crippen molar-refractivity contribution in [2.75, 3.05) is 6.61 Å². The summed E-state index contributed by atoms with van der Waals surface area (Å²) in [5, 5.41) is 9.35. The molecule has 1 fully saturated rings. The zero-order chi connectivity index (χ0) is 31.8. The molecule has 44 heavy (non-hydrogen) atoms. The molecule has 0 aliphatic carbocycles. The van der Waals surface area contributed by atoms with Gasteiger partial charge in [0.25, 0.3) is 5.91 Å². The van der Waals surface area contributed by atoms with Crippen molar-refractivity contribution in [2.45, 2.75) is 70.9 Å². The summed E-state index contributed by atoms with van der Waals surface area (Å²) < 4.78 is 11.2. The maximum atomic E-state index is 13.5. The van der Waals surface area contributed by atoms with Crippen LogP contribution in [0, 0.1) is 11.8 Å². The van der Waals surface area contributed by atoms with Gasteiger partial charge < -0.3 is 31.2 Å². The third kappa shape index (κ3) is 9.00. The predicted molar refractivity (Wildman–Crippen MR) is 165 cm³/mol. The molecule has 11 heteroatoms. The van der Waals surface area contributed by atoms with E-state index in [1.54, 1.807) is 18.2 Å². The van der Waals surface area contributed by atoms with Gasteiger partial charge in [-0.1, -0.05) is 82.3 Å². The van der Waals surface area contributed by atoms with Crippen LogP contribution in [0.2, 0.25) is 0 Å². The number of nitrogens with one attached hydrogen (secondary N) is 3. The highest BCUT2D eigenvalue weighted by Crippen LogP contribution is 2.32. The number of benzene rings is 2. The van der Waals surface area contributed by atoms with Gasteiger partial charge in [0, 0.05) is 17.8 Å². The number of hydrogen-bond acceptors (Lipinski definition) is 7. The van der Waals surface area contributed by atoms with E-state index >= 15 is 0 Å². The lowest BCUT2D eigenvalue weighted by Crippen LogP contribution is -2.49. The Bertz CT molecular complexity index is 1460. The van der Waals surface area contributed by atoms with Gasteiger partial charge >= 0.3 is 6.09 Å². The molecule has 2 aromatic carbocycles. The minimum atomic E-state index is -1.22. The van der Waals surface area contributed by atoms with Gasteiger partial charge in [-0.3, -0.25) is 14.4 Å². The highest BCUT2D eigenvalue weighted by molar-refractivity contribution is 5.99. The molecule has 1 aromatic heterocycles. The molecule has 1 aliphatic rings. The topological polar surface area (TPSA) is 165 Å². The van der Waals surface area contributed by atoms with Gasteiger partial charge in [0.05, 0.1) is 24.1 Å². The number of alkyl carbamates (subject to hydrolysis) is 1. The van der Waals surface area contributed by atoms with Gasteiger partial charge in [0.2, 0.25) is 11.8 Å². The number of rotatable bonds is 14. The van der Waals surface area contributed by atoms with E-state index in [-0.39, 0.29) is 42.4 Å². The smallest absolute Gasteiger partial charge is 0.407 e. The summed E-state index contributed by atoms with van der Waals surface area (Å²) in [7, 11) is 0. The van der Waals surface area contributed by atoms with Crippen molar-refractivity contribution in [2.24, 2.45) is 17.6 Å². The van der Waals surface area contributed by atoms with Crippen molar-refractivity contribution in [3.63, 3.8) is 0 Å². The number of primary amides is 1. The molecule has 4 amide bonds. The number of epoxide rings is 1. The van der Waals surface area contributed by atoms with Crippen LogP contribution in [0.15, 0.2) is 66.7 Å². The Labute approximate surface area is 257 Å². The van der Waals surface area contributed by atoms with Gasteiger partial charge in [0.1, 0.15) is 24.4 Å². The molecule has 4 rings (SSSR count). The largest absolute Gasteiger partial charge is 0.447 e. The quantitative estimate of drug-likeness (QED) is 0.204. The average molecular weight is 604 g/mol. The minimum absolute atomic E-state index is 0.0121. The maximum absolute atomic E-state index is 13.5. The van der Waals surface area contributed by atoms with Crippen molar-refractivity contribution < 1.29 is 28.7 Å². The fourth-order valence-corrected chi connectivity index (χ4v) is 5.28. The summed E-state index contributed by atoms with van der Waals surface area (Å²) in [5.41, 5.74) is 6.98. The van der Waals surface area contributed by atoms with Crippen LogP contribution in [0.3, 0.4) is 0 Å². The number of pyridine rings is 1. The number of nitrogens with two attached hydrogens (primary N) is 1. The zero-order valence-electron chi connectivity index (χ0n) is 25.5. The molecular weight excluding hydrogens is 562 g/mol. The van der Waals surface area contributed by atoms with Gasteiger partial charge in [-0.15, -0.1) is 0 Å². The van der Waals surface area contributed by atoms with E-state index in [2.05, 4.69) is 20.9 Å². The number of carbonyl (C=O) groups is 4. The van der Waals surface area contributed by atoms with Crippen LogP contribution in [0.5, 0.6) is 0 Å². The fourth-order valence-electron chi connectivity index (χ4n) is 5.28. The van der Waals surface area contributed by atoms with E-state index in [0.29, 0.717) is 11.9 Å². The van der Waals surface area contributed by atoms with Crippen LogP contribution in [-0.2, 0) is 19.1 Å². The van der Waals surface area contributed by atoms with Crippen molar-refractivity contribution in [1.82, 2.24) is 20.9 Å². The molecular formula is C33H41N5O6. The lowest BCUT2D eigenvalue weighted by Gasteiger charge is -2.25. The highest BCUT2D eigenvalue weighted by atomic mass is 16.6. The van der Waals surface area contributed by atoms with Crippen molar-refractivity contribution in [3.05, 3.63) is 78.0 Å². The summed E-state index contributed by atoms with van der Waals surface area (Å²) in [5.74, 6) is -1.41. The third-order valence-corrected chi connectivity index (χ3v) is 7.63. The van der Waals surface area contributed by atoms with Crippen LogP contribution < -0.4 is 21.7 Å². The van der Waals surface area contributed by atoms with Crippen LogP contribution in [0.25, 0.3) is 10.9 Å². The molecule has 11 nitrogen and oxygen atoms in total. The van der Waals surface area contributed by atoms with Crippen LogP contribution in [0.4, 0.5) is 4.79 Å². The summed E-state index contributed by atoms with van der Waals surface area (Å²) in [6.45, 7) is 8.25. The Morgan fingerprint density at radius 3 is 2.23 bits per heavy atom. The van der Waals surface area contributed by atoms with Gasteiger partial charge in [-0.05, 0) is 29.5 Å². The van der Waals surface area contributed by atoms with E-state index in [1.165, 1.54) is 0 Å². The van der Waals surface area contributed by atoms with Crippen LogP contribution in [-0.4, -0.2) is 59.7 Å². The standard InChI is InChI=1S/C33H41N5O6/c1-19(2)30(20(3)4)38-33(42)43-18-28-27(44-28)16-25(21-10-6-5-7-11-21)36-32(41)26(17-29(34)39)37-31(40)24-15-14-22-12-8-9-13-23(22)35-24/h5-15,19-20,25-28,30H,16-18H2,1-4H3,(H2,34,39)(H,36,41)(H,37,40)(H,38,42)/t25?,26-,27?,28?/m0/s1. The molecule has 3 aromatic rings. The molecule has 1 saturated heterocycles. The van der Waals surface area contributed by atoms with E-state index in [1.807, 2.05) is 76.2 Å². The van der Waals surface area contributed by atoms with E-state index in [0.717, 1.165) is 10.9 Å². The second kappa shape index (κ2) is 14.8. The van der Waals surface area contributed by atoms with Crippen molar-refractivity contribution in [3.8, 4) is 0 Å². The molecule has 0 spiro atoms. The number of aromatic nitrogens is 1. The van der Waals surface area contributed by atoms with Gasteiger partial charge in [-0.2, -0.15) is 0 Å². The number of carbonyl (C=O) groups excluding carboxylic acids is 4. The average Bonchev–Trinajstić information content (AvgIpc) is 3.75. The first-order chi connectivity index (χ1) is 21.0. The molecule has 0 saturated carbocycles. The van der Waals surface area contributed by atoms with Crippen LogP contribution >= 0.6 is 0 Å². The Balaban J connectivity index is 1.39. The first-order valence-corrected chi connectivity index (χ1v) is 14.9. The SMILES string of the molecule is CC(C)C(NC(=O)OCC1OC1CC(NC(=O)[C@H](CC(N)=O)NC(=O)c1ccc2ccccc2n1)c1ccccc1)C(C)C. The number of amides is 4. The van der Waals surface area contributed by atoms with E-state index in [9.17, 15) is 19.2 Å². The fraction of sp³-hybridized carbons (Fsp3) is 0.424. The molecule has 3 unspecified atom stereocenters.